The lowest BCUT2D eigenvalue weighted by Gasteiger charge is -2.24. The monoisotopic (exact) mass is 535 g/mol. The van der Waals surface area contributed by atoms with Crippen LogP contribution in [-0.4, -0.2) is 25.1 Å². The minimum atomic E-state index is -3.65. The predicted octanol–water partition coefficient (Wildman–Crippen LogP) is 5.13. The molecule has 0 bridgehead atoms. The molecule has 0 radical (unpaired) electrons. The maximum Gasteiger partial charge on any atom is 0.307 e. The number of aromatic nitrogens is 1. The Morgan fingerprint density at radius 2 is 1.79 bits per heavy atom. The first-order valence-corrected chi connectivity index (χ1v) is 13.4. The van der Waals surface area contributed by atoms with Crippen LogP contribution in [0, 0.1) is 0 Å². The van der Waals surface area contributed by atoms with Crippen molar-refractivity contribution < 1.29 is 13.2 Å². The SMILES string of the molecule is Cn1c(=O)sc2cc(NC(=O)c3ccc(CN(c4cccc(Cl)c4Cl)S(C)(=O)=O)cc3)ccc21. The molecule has 0 aliphatic rings. The van der Waals surface area contributed by atoms with Crippen molar-refractivity contribution in [2.45, 2.75) is 6.54 Å². The highest BCUT2D eigenvalue weighted by atomic mass is 35.5. The van der Waals surface area contributed by atoms with E-state index in [9.17, 15) is 18.0 Å². The van der Waals surface area contributed by atoms with E-state index in [1.165, 1.54) is 0 Å². The van der Waals surface area contributed by atoms with Gasteiger partial charge in [0.15, 0.2) is 0 Å². The number of benzene rings is 3. The van der Waals surface area contributed by atoms with Gasteiger partial charge in [-0.25, -0.2) is 8.42 Å². The maximum atomic E-state index is 12.7. The lowest BCUT2D eigenvalue weighted by molar-refractivity contribution is 0.102. The third-order valence-electron chi connectivity index (χ3n) is 5.19. The van der Waals surface area contributed by atoms with Crippen LogP contribution in [0.2, 0.25) is 10.0 Å². The van der Waals surface area contributed by atoms with Crippen LogP contribution in [0.4, 0.5) is 11.4 Å². The number of carbonyl (C=O) groups is 1. The van der Waals surface area contributed by atoms with Gasteiger partial charge in [-0.3, -0.25) is 13.9 Å². The van der Waals surface area contributed by atoms with Gasteiger partial charge >= 0.3 is 4.87 Å². The minimum Gasteiger partial charge on any atom is -0.322 e. The Balaban J connectivity index is 1.53. The van der Waals surface area contributed by atoms with E-state index in [1.54, 1.807) is 72.3 Å². The number of carbonyl (C=O) groups excluding carboxylic acids is 1. The van der Waals surface area contributed by atoms with Gasteiger partial charge in [0.1, 0.15) is 0 Å². The van der Waals surface area contributed by atoms with Gasteiger partial charge < -0.3 is 9.88 Å². The number of thiazole rings is 1. The number of anilines is 2. The van der Waals surface area contributed by atoms with Crippen LogP contribution in [0.3, 0.4) is 0 Å². The highest BCUT2D eigenvalue weighted by molar-refractivity contribution is 7.92. The number of fused-ring (bicyclic) bond motifs is 1. The van der Waals surface area contributed by atoms with Gasteiger partial charge in [0.25, 0.3) is 5.91 Å². The smallest absolute Gasteiger partial charge is 0.307 e. The molecule has 1 N–H and O–H groups in total. The van der Waals surface area contributed by atoms with Gasteiger partial charge in [-0.15, -0.1) is 0 Å². The Morgan fingerprint density at radius 3 is 2.47 bits per heavy atom. The number of sulfonamides is 1. The molecule has 3 aromatic carbocycles. The van der Waals surface area contributed by atoms with Crippen LogP contribution in [0.15, 0.2) is 65.5 Å². The zero-order chi connectivity index (χ0) is 24.6. The van der Waals surface area contributed by atoms with E-state index in [-0.39, 0.29) is 33.1 Å². The summed E-state index contributed by atoms with van der Waals surface area (Å²) in [6.45, 7) is 0.0182. The Hall–Kier alpha value is -2.85. The van der Waals surface area contributed by atoms with Crippen molar-refractivity contribution in [1.82, 2.24) is 4.57 Å². The fourth-order valence-electron chi connectivity index (χ4n) is 3.41. The average Bonchev–Trinajstić information content (AvgIpc) is 3.07. The summed E-state index contributed by atoms with van der Waals surface area (Å²) in [6.07, 6.45) is 1.09. The highest BCUT2D eigenvalue weighted by Crippen LogP contribution is 2.34. The molecule has 1 heterocycles. The van der Waals surface area contributed by atoms with E-state index >= 15 is 0 Å². The van der Waals surface area contributed by atoms with Gasteiger partial charge in [0.2, 0.25) is 10.0 Å². The second kappa shape index (κ2) is 9.42. The van der Waals surface area contributed by atoms with Gasteiger partial charge in [-0.2, -0.15) is 0 Å². The molecule has 0 atom stereocenters. The second-order valence-electron chi connectivity index (χ2n) is 7.60. The Kier molecular flexibility index (Phi) is 6.73. The molecular weight excluding hydrogens is 517 g/mol. The molecule has 0 aliphatic carbocycles. The largest absolute Gasteiger partial charge is 0.322 e. The number of nitrogens with zero attached hydrogens (tertiary/aromatic N) is 2. The number of aryl methyl sites for hydroxylation is 1. The Morgan fingerprint density at radius 1 is 1.09 bits per heavy atom. The number of nitrogens with one attached hydrogen (secondary N) is 1. The first-order chi connectivity index (χ1) is 16.0. The highest BCUT2D eigenvalue weighted by Gasteiger charge is 2.21. The zero-order valence-corrected chi connectivity index (χ0v) is 21.2. The summed E-state index contributed by atoms with van der Waals surface area (Å²) >= 11 is 13.4. The molecule has 7 nitrogen and oxygen atoms in total. The molecule has 0 aliphatic heterocycles. The van der Waals surface area contributed by atoms with Crippen molar-refractivity contribution in [1.29, 1.82) is 0 Å². The summed E-state index contributed by atoms with van der Waals surface area (Å²) < 4.78 is 28.4. The molecule has 1 amide bonds. The van der Waals surface area contributed by atoms with Gasteiger partial charge in [0, 0.05) is 18.3 Å². The topological polar surface area (TPSA) is 88.5 Å². The lowest BCUT2D eigenvalue weighted by Crippen LogP contribution is -2.29. The van der Waals surface area contributed by atoms with Gasteiger partial charge in [0.05, 0.1) is 38.7 Å². The lowest BCUT2D eigenvalue weighted by atomic mass is 10.1. The normalized spacial score (nSPS) is 11.5. The standard InChI is InChI=1S/C23H19Cl2N3O4S2/c1-27-18-11-10-16(12-20(18)33-23(27)30)26-22(29)15-8-6-14(7-9-15)13-28(34(2,31)32)19-5-3-4-17(24)21(19)25/h3-12H,13H2,1-2H3,(H,26,29). The molecule has 0 saturated carbocycles. The van der Waals surface area contributed by atoms with Gasteiger partial charge in [-0.05, 0) is 48.0 Å². The fraction of sp³-hybridized carbons (Fsp3) is 0.130. The van der Waals surface area contributed by atoms with E-state index in [2.05, 4.69) is 5.32 Å². The summed E-state index contributed by atoms with van der Waals surface area (Å²) in [5, 5.41) is 3.22. The molecule has 0 fully saturated rings. The van der Waals surface area contributed by atoms with E-state index in [1.807, 2.05) is 0 Å². The summed E-state index contributed by atoms with van der Waals surface area (Å²) in [5.41, 5.74) is 2.71. The van der Waals surface area contributed by atoms with Crippen molar-refractivity contribution in [2.24, 2.45) is 7.05 Å². The number of rotatable bonds is 6. The van der Waals surface area contributed by atoms with Gasteiger partial charge in [-0.1, -0.05) is 52.7 Å². The molecule has 0 unspecified atom stereocenters. The first-order valence-electron chi connectivity index (χ1n) is 9.96. The van der Waals surface area contributed by atoms with Crippen LogP contribution in [0.25, 0.3) is 10.2 Å². The molecule has 0 saturated heterocycles. The second-order valence-corrected chi connectivity index (χ2v) is 11.3. The van der Waals surface area contributed by atoms with Crippen LogP contribution < -0.4 is 14.5 Å². The predicted molar refractivity (Wildman–Crippen MR) is 139 cm³/mol. The summed E-state index contributed by atoms with van der Waals surface area (Å²) in [7, 11) is -1.95. The molecule has 34 heavy (non-hydrogen) atoms. The van der Waals surface area contributed by atoms with Crippen molar-refractivity contribution in [3.05, 3.63) is 91.5 Å². The Bertz CT molecular complexity index is 1560. The van der Waals surface area contributed by atoms with E-state index in [4.69, 9.17) is 23.2 Å². The quantitative estimate of drug-likeness (QED) is 0.370. The zero-order valence-electron chi connectivity index (χ0n) is 18.1. The molecule has 4 rings (SSSR count). The van der Waals surface area contributed by atoms with Crippen LogP contribution in [0.1, 0.15) is 15.9 Å². The van der Waals surface area contributed by atoms with Crippen molar-refractivity contribution in [3.63, 3.8) is 0 Å². The maximum absolute atomic E-state index is 12.7. The molecule has 11 heteroatoms. The number of hydrogen-bond donors (Lipinski definition) is 1. The van der Waals surface area contributed by atoms with E-state index in [0.29, 0.717) is 16.8 Å². The third-order valence-corrected chi connectivity index (χ3v) is 8.12. The number of amides is 1. The third kappa shape index (κ3) is 4.97. The van der Waals surface area contributed by atoms with Crippen molar-refractivity contribution in [2.75, 3.05) is 15.9 Å². The fourth-order valence-corrected chi connectivity index (χ4v) is 5.67. The van der Waals surface area contributed by atoms with Crippen LogP contribution >= 0.6 is 34.5 Å². The first kappa shape index (κ1) is 24.3. The molecule has 176 valence electrons. The molecule has 1 aromatic heterocycles. The van der Waals surface area contributed by atoms with Crippen molar-refractivity contribution in [3.8, 4) is 0 Å². The van der Waals surface area contributed by atoms with E-state index < -0.39 is 10.0 Å². The van der Waals surface area contributed by atoms with Crippen molar-refractivity contribution >= 4 is 72.1 Å². The summed E-state index contributed by atoms with van der Waals surface area (Å²) in [6, 6.07) is 16.6. The molecule has 4 aromatic rings. The average molecular weight is 536 g/mol. The number of halogens is 2. The summed E-state index contributed by atoms with van der Waals surface area (Å²) in [4.78, 5) is 24.5. The Labute approximate surface area is 210 Å². The minimum absolute atomic E-state index is 0.0182. The molecular formula is C23H19Cl2N3O4S2. The van der Waals surface area contributed by atoms with Crippen LogP contribution in [-0.2, 0) is 23.6 Å². The molecule has 0 spiro atoms. The van der Waals surface area contributed by atoms with Crippen LogP contribution in [0.5, 0.6) is 0 Å². The van der Waals surface area contributed by atoms with E-state index in [0.717, 1.165) is 32.1 Å². The summed E-state index contributed by atoms with van der Waals surface area (Å²) in [5.74, 6) is -0.327. The number of hydrogen-bond acceptors (Lipinski definition) is 5.